The smallest absolute Gasteiger partial charge is 0.175 e. The topological polar surface area (TPSA) is 25.2 Å². The summed E-state index contributed by atoms with van der Waals surface area (Å²) in [6.45, 7) is 0. The van der Waals surface area contributed by atoms with Gasteiger partial charge in [-0.2, -0.15) is 0 Å². The van der Waals surface area contributed by atoms with E-state index in [0.29, 0.717) is 0 Å². The van der Waals surface area contributed by atoms with Crippen LogP contribution in [-0.4, -0.2) is 4.57 Å². The van der Waals surface area contributed by atoms with E-state index in [0.717, 1.165) is 55.3 Å². The first-order chi connectivity index (χ1) is 26.2. The van der Waals surface area contributed by atoms with Crippen molar-refractivity contribution in [3.05, 3.63) is 222 Å². The average molecular weight is 697 g/mol. The van der Waals surface area contributed by atoms with Crippen molar-refractivity contribution in [3.63, 3.8) is 0 Å². The number of anilines is 3. The van der Waals surface area contributed by atoms with Crippen molar-refractivity contribution in [2.24, 2.45) is 0 Å². The van der Waals surface area contributed by atoms with Gasteiger partial charge < -0.3 is 14.0 Å². The van der Waals surface area contributed by atoms with Crippen LogP contribution >= 0.6 is 7.14 Å². The van der Waals surface area contributed by atoms with Gasteiger partial charge in [-0.05, 0) is 64.7 Å². The Morgan fingerprint density at radius 1 is 0.434 bits per heavy atom. The monoisotopic (exact) mass is 696 g/mol. The molecular formula is C49H33N2OP. The molecule has 1 unspecified atom stereocenters. The van der Waals surface area contributed by atoms with Gasteiger partial charge in [-0.15, -0.1) is 0 Å². The quantitative estimate of drug-likeness (QED) is 0.171. The Labute approximate surface area is 308 Å². The second-order valence-electron chi connectivity index (χ2n) is 14.0. The zero-order valence-electron chi connectivity index (χ0n) is 28.8. The maximum atomic E-state index is 16.5. The number of fused-ring (bicyclic) bond motifs is 7. The van der Waals surface area contributed by atoms with Crippen molar-refractivity contribution in [1.29, 1.82) is 0 Å². The number of aromatic nitrogens is 1. The predicted molar refractivity (Wildman–Crippen MR) is 220 cm³/mol. The molecule has 2 aliphatic rings. The molecule has 0 N–H and O–H groups in total. The standard InChI is InChI=1S/C49H33N2OP/c52-53(37-21-8-3-9-22-37)46-32-31-36(50-42-27-13-10-23-38(42)39-24-11-14-28-43(39)50)33-45(46)51-44-29-15-12-25-40(44)49(34-17-4-1-5-18-34,35-19-6-2-7-20-35)41-26-16-30-47(53)48(41)51/h1-33H. The van der Waals surface area contributed by atoms with Gasteiger partial charge in [0.15, 0.2) is 7.14 Å². The fraction of sp³-hybridized carbons (Fsp3) is 0.0204. The van der Waals surface area contributed by atoms with Gasteiger partial charge in [0, 0.05) is 32.4 Å². The van der Waals surface area contributed by atoms with Crippen molar-refractivity contribution in [3.8, 4) is 5.69 Å². The highest BCUT2D eigenvalue weighted by Gasteiger charge is 2.52. The van der Waals surface area contributed by atoms with E-state index in [1.165, 1.54) is 27.5 Å². The number of rotatable bonds is 4. The fourth-order valence-corrected chi connectivity index (χ4v) is 12.3. The van der Waals surface area contributed by atoms with Crippen molar-refractivity contribution < 1.29 is 4.57 Å². The highest BCUT2D eigenvalue weighted by Crippen LogP contribution is 2.63. The third-order valence-corrected chi connectivity index (χ3v) is 14.6. The largest absolute Gasteiger partial charge is 0.309 e. The second-order valence-corrected chi connectivity index (χ2v) is 16.7. The lowest BCUT2D eigenvalue weighted by Gasteiger charge is -2.50. The van der Waals surface area contributed by atoms with E-state index in [9.17, 15) is 0 Å². The van der Waals surface area contributed by atoms with Crippen LogP contribution < -0.4 is 20.8 Å². The summed E-state index contributed by atoms with van der Waals surface area (Å²) in [5.41, 5.74) is 10.3. The number of nitrogens with zero attached hydrogens (tertiary/aromatic N) is 2. The van der Waals surface area contributed by atoms with Crippen LogP contribution in [0.3, 0.4) is 0 Å². The average Bonchev–Trinajstić information content (AvgIpc) is 3.57. The normalized spacial score (nSPS) is 16.6. The summed E-state index contributed by atoms with van der Waals surface area (Å²) >= 11 is 0. The molecule has 0 bridgehead atoms. The van der Waals surface area contributed by atoms with Gasteiger partial charge in [-0.25, -0.2) is 0 Å². The third-order valence-electron chi connectivity index (χ3n) is 11.4. The molecule has 8 aromatic carbocycles. The van der Waals surface area contributed by atoms with E-state index in [1.54, 1.807) is 0 Å². The highest BCUT2D eigenvalue weighted by molar-refractivity contribution is 7.86. The molecule has 250 valence electrons. The number of hydrogen-bond donors (Lipinski definition) is 0. The van der Waals surface area contributed by atoms with Crippen molar-refractivity contribution in [2.75, 3.05) is 4.90 Å². The summed E-state index contributed by atoms with van der Waals surface area (Å²) in [5.74, 6) is 0. The van der Waals surface area contributed by atoms with Crippen LogP contribution in [0.5, 0.6) is 0 Å². The summed E-state index contributed by atoms with van der Waals surface area (Å²) in [6, 6.07) is 70.9. The molecule has 3 heterocycles. The first-order valence-corrected chi connectivity index (χ1v) is 19.8. The van der Waals surface area contributed by atoms with E-state index in [4.69, 9.17) is 0 Å². The molecule has 0 fully saturated rings. The van der Waals surface area contributed by atoms with Crippen LogP contribution in [0, 0.1) is 0 Å². The molecule has 1 aromatic heterocycles. The Balaban J connectivity index is 1.30. The van der Waals surface area contributed by atoms with Gasteiger partial charge in [0.05, 0.1) is 33.5 Å². The Morgan fingerprint density at radius 3 is 1.64 bits per heavy atom. The van der Waals surface area contributed by atoms with Gasteiger partial charge in [-0.3, -0.25) is 0 Å². The van der Waals surface area contributed by atoms with Crippen LogP contribution in [0.25, 0.3) is 27.5 Å². The summed E-state index contributed by atoms with van der Waals surface area (Å²) in [5, 5.41) is 4.97. The Kier molecular flexibility index (Phi) is 6.44. The van der Waals surface area contributed by atoms with Gasteiger partial charge in [0.2, 0.25) is 0 Å². The molecular weight excluding hydrogens is 664 g/mol. The molecule has 1 atom stereocenters. The molecule has 53 heavy (non-hydrogen) atoms. The van der Waals surface area contributed by atoms with Crippen LogP contribution in [0.15, 0.2) is 200 Å². The minimum absolute atomic E-state index is 0.662. The maximum Gasteiger partial charge on any atom is 0.175 e. The van der Waals surface area contributed by atoms with Crippen molar-refractivity contribution >= 4 is 61.9 Å². The molecule has 0 aliphatic carbocycles. The Bertz CT molecular complexity index is 2840. The number of benzene rings is 8. The Hall–Kier alpha value is -6.41. The SMILES string of the molecule is O=P1(c2ccccc2)c2ccc(-n3c4ccccc4c4ccccc43)cc2N2c3ccccc3C(c3ccccc3)(c3ccccc3)c3cccc1c32. The van der Waals surface area contributed by atoms with Crippen LogP contribution in [-0.2, 0) is 9.98 Å². The summed E-state index contributed by atoms with van der Waals surface area (Å²) in [7, 11) is -3.38. The first kappa shape index (κ1) is 30.2. The zero-order chi connectivity index (χ0) is 35.1. The molecule has 0 saturated heterocycles. The molecule has 2 aliphatic heterocycles. The maximum absolute atomic E-state index is 16.5. The first-order valence-electron chi connectivity index (χ1n) is 18.1. The minimum Gasteiger partial charge on any atom is -0.309 e. The minimum atomic E-state index is -3.38. The van der Waals surface area contributed by atoms with E-state index >= 15 is 4.57 Å². The zero-order valence-corrected chi connectivity index (χ0v) is 29.7. The second kappa shape index (κ2) is 11.3. The van der Waals surface area contributed by atoms with Crippen molar-refractivity contribution in [1.82, 2.24) is 4.57 Å². The molecule has 0 radical (unpaired) electrons. The lowest BCUT2D eigenvalue weighted by atomic mass is 9.62. The van der Waals surface area contributed by atoms with Crippen molar-refractivity contribution in [2.45, 2.75) is 5.41 Å². The molecule has 0 spiro atoms. The van der Waals surface area contributed by atoms with Gasteiger partial charge in [-0.1, -0.05) is 158 Å². The summed E-state index contributed by atoms with van der Waals surface area (Å²) in [6.07, 6.45) is 0. The lowest BCUT2D eigenvalue weighted by molar-refractivity contribution is 0.592. The molecule has 3 nitrogen and oxygen atoms in total. The van der Waals surface area contributed by atoms with E-state index < -0.39 is 12.6 Å². The van der Waals surface area contributed by atoms with Crippen LogP contribution in [0.1, 0.15) is 22.3 Å². The predicted octanol–water partition coefficient (Wildman–Crippen LogP) is 10.9. The summed E-state index contributed by atoms with van der Waals surface area (Å²) < 4.78 is 18.9. The lowest BCUT2D eigenvalue weighted by Crippen LogP contribution is -2.44. The van der Waals surface area contributed by atoms with Gasteiger partial charge in [0.1, 0.15) is 0 Å². The van der Waals surface area contributed by atoms with E-state index in [-0.39, 0.29) is 0 Å². The summed E-state index contributed by atoms with van der Waals surface area (Å²) in [4.78, 5) is 2.41. The third kappa shape index (κ3) is 3.98. The van der Waals surface area contributed by atoms with Crippen LogP contribution in [0.4, 0.5) is 17.1 Å². The van der Waals surface area contributed by atoms with E-state index in [2.05, 4.69) is 179 Å². The molecule has 0 amide bonds. The van der Waals surface area contributed by atoms with E-state index in [1.807, 2.05) is 30.3 Å². The number of para-hydroxylation sites is 4. The Morgan fingerprint density at radius 2 is 0.981 bits per heavy atom. The molecule has 9 aromatic rings. The van der Waals surface area contributed by atoms with Gasteiger partial charge >= 0.3 is 0 Å². The highest BCUT2D eigenvalue weighted by atomic mass is 31.2. The molecule has 0 saturated carbocycles. The molecule has 11 rings (SSSR count). The van der Waals surface area contributed by atoms with Crippen LogP contribution in [0.2, 0.25) is 0 Å². The fourth-order valence-electron chi connectivity index (χ4n) is 9.33. The van der Waals surface area contributed by atoms with Gasteiger partial charge in [0.25, 0.3) is 0 Å². The molecule has 4 heteroatoms. The number of hydrogen-bond acceptors (Lipinski definition) is 2.